The van der Waals surface area contributed by atoms with Gasteiger partial charge in [-0.2, -0.15) is 5.10 Å². The van der Waals surface area contributed by atoms with E-state index in [1.165, 1.54) is 24.0 Å². The molecule has 4 aromatic rings. The van der Waals surface area contributed by atoms with E-state index in [4.69, 9.17) is 4.74 Å². The number of pyridine rings is 2. The van der Waals surface area contributed by atoms with Gasteiger partial charge in [0.1, 0.15) is 10.6 Å². The first kappa shape index (κ1) is 23.5. The quantitative estimate of drug-likeness (QED) is 0.385. The van der Waals surface area contributed by atoms with Gasteiger partial charge >= 0.3 is 6.03 Å². The maximum Gasteiger partial charge on any atom is 0.333 e. The second-order valence-electron chi connectivity index (χ2n) is 9.64. The first-order chi connectivity index (χ1) is 17.9. The number of carbonyl (C=O) groups is 1. The van der Waals surface area contributed by atoms with E-state index in [0.29, 0.717) is 11.4 Å². The van der Waals surface area contributed by atoms with Gasteiger partial charge < -0.3 is 10.1 Å². The normalized spacial score (nSPS) is 15.3. The highest BCUT2D eigenvalue weighted by atomic mass is 32.2. The highest BCUT2D eigenvalue weighted by Crippen LogP contribution is 2.40. The fourth-order valence-electron chi connectivity index (χ4n) is 5.09. The molecule has 0 atom stereocenters. The number of urea groups is 1. The number of fused-ring (bicyclic) bond motifs is 2. The molecule has 0 saturated heterocycles. The number of rotatable bonds is 6. The van der Waals surface area contributed by atoms with Gasteiger partial charge in [-0.15, -0.1) is 0 Å². The maximum atomic E-state index is 13.1. The van der Waals surface area contributed by atoms with Crippen LogP contribution in [0.5, 0.6) is 5.75 Å². The number of nitrogens with zero attached hydrogens (tertiary/aromatic N) is 3. The summed E-state index contributed by atoms with van der Waals surface area (Å²) in [6.07, 6.45) is 12.1. The molecule has 2 amide bonds. The Labute approximate surface area is 214 Å². The number of amides is 2. The lowest BCUT2D eigenvalue weighted by Crippen LogP contribution is -2.35. The standard InChI is InChI=1S/C27H27N5O4S/c1-17-12-18-4-2-7-24(18)26(25(17)19-9-11-32-20(13-19)8-10-29-32)30-27(33)31-37(34,35)23-14-22(15-28-16-23)36-21-5-3-6-21/h8-16,21H,2-7H2,1H3,(H2,30,31,33). The number of aromatic nitrogens is 3. The number of hydrogen-bond donors (Lipinski definition) is 2. The molecular formula is C27H27N5O4S. The van der Waals surface area contributed by atoms with Gasteiger partial charge in [-0.3, -0.25) is 4.98 Å². The summed E-state index contributed by atoms with van der Waals surface area (Å²) in [4.78, 5) is 17.0. The second-order valence-corrected chi connectivity index (χ2v) is 11.3. The topological polar surface area (TPSA) is 115 Å². The molecule has 10 heteroatoms. The molecule has 0 bridgehead atoms. The van der Waals surface area contributed by atoms with Crippen LogP contribution in [-0.4, -0.2) is 35.2 Å². The average Bonchev–Trinajstić information content (AvgIpc) is 3.50. The number of ether oxygens (including phenoxy) is 1. The summed E-state index contributed by atoms with van der Waals surface area (Å²) >= 11 is 0. The van der Waals surface area contributed by atoms with Crippen molar-refractivity contribution in [3.63, 3.8) is 0 Å². The first-order valence-electron chi connectivity index (χ1n) is 12.4. The van der Waals surface area contributed by atoms with Gasteiger partial charge in [0.15, 0.2) is 0 Å². The largest absolute Gasteiger partial charge is 0.489 e. The lowest BCUT2D eigenvalue weighted by Gasteiger charge is -2.26. The minimum absolute atomic E-state index is 0.0830. The van der Waals surface area contributed by atoms with Crippen LogP contribution >= 0.6 is 0 Å². The van der Waals surface area contributed by atoms with Gasteiger partial charge in [0.25, 0.3) is 10.0 Å². The van der Waals surface area contributed by atoms with Crippen LogP contribution in [0.4, 0.5) is 10.5 Å². The molecule has 1 aromatic carbocycles. The van der Waals surface area contributed by atoms with E-state index in [1.54, 1.807) is 10.7 Å². The fourth-order valence-corrected chi connectivity index (χ4v) is 5.98. The fraction of sp³-hybridized carbons (Fsp3) is 0.296. The highest BCUT2D eigenvalue weighted by molar-refractivity contribution is 7.90. The molecule has 0 unspecified atom stereocenters. The Morgan fingerprint density at radius 1 is 1.11 bits per heavy atom. The summed E-state index contributed by atoms with van der Waals surface area (Å²) < 4.78 is 35.8. The summed E-state index contributed by atoms with van der Waals surface area (Å²) in [6.45, 7) is 2.01. The number of nitrogens with one attached hydrogen (secondary N) is 2. The SMILES string of the molecule is Cc1cc2c(c(NC(=O)NS(=O)(=O)c3cncc(OC4CCC4)c3)c1-c1ccn3nccc3c1)CCC2. The lowest BCUT2D eigenvalue weighted by molar-refractivity contribution is 0.119. The molecule has 3 aromatic heterocycles. The van der Waals surface area contributed by atoms with E-state index >= 15 is 0 Å². The van der Waals surface area contributed by atoms with Crippen molar-refractivity contribution in [1.29, 1.82) is 0 Å². The van der Waals surface area contributed by atoms with Crippen molar-refractivity contribution in [2.24, 2.45) is 0 Å². The Kier molecular flexibility index (Phi) is 5.83. The van der Waals surface area contributed by atoms with Crippen LogP contribution in [0.15, 0.2) is 60.0 Å². The molecule has 1 fully saturated rings. The zero-order valence-electron chi connectivity index (χ0n) is 20.4. The molecule has 0 radical (unpaired) electrons. The van der Waals surface area contributed by atoms with E-state index in [-0.39, 0.29) is 11.0 Å². The van der Waals surface area contributed by atoms with Crippen molar-refractivity contribution in [3.05, 3.63) is 71.8 Å². The molecule has 190 valence electrons. The van der Waals surface area contributed by atoms with Crippen LogP contribution < -0.4 is 14.8 Å². The van der Waals surface area contributed by atoms with Gasteiger partial charge in [-0.05, 0) is 85.9 Å². The third-order valence-electron chi connectivity index (χ3n) is 7.10. The van der Waals surface area contributed by atoms with Crippen LogP contribution in [0.2, 0.25) is 0 Å². The summed E-state index contributed by atoms with van der Waals surface area (Å²) in [7, 11) is -4.17. The predicted octanol–water partition coefficient (Wildman–Crippen LogP) is 4.64. The average molecular weight is 518 g/mol. The van der Waals surface area contributed by atoms with Crippen LogP contribution in [0.3, 0.4) is 0 Å². The number of sulfonamides is 1. The molecule has 0 spiro atoms. The lowest BCUT2D eigenvalue weighted by atomic mass is 9.93. The molecule has 37 heavy (non-hydrogen) atoms. The predicted molar refractivity (Wildman–Crippen MR) is 139 cm³/mol. The second kappa shape index (κ2) is 9.19. The smallest absolute Gasteiger partial charge is 0.333 e. The molecule has 3 heterocycles. The van der Waals surface area contributed by atoms with Crippen molar-refractivity contribution in [2.75, 3.05) is 5.32 Å². The monoisotopic (exact) mass is 517 g/mol. The minimum Gasteiger partial charge on any atom is -0.489 e. The van der Waals surface area contributed by atoms with E-state index in [0.717, 1.165) is 66.3 Å². The van der Waals surface area contributed by atoms with E-state index < -0.39 is 16.1 Å². The van der Waals surface area contributed by atoms with Crippen LogP contribution in [0.25, 0.3) is 16.6 Å². The molecule has 2 aliphatic rings. The Hall–Kier alpha value is -3.92. The number of hydrogen-bond acceptors (Lipinski definition) is 6. The zero-order chi connectivity index (χ0) is 25.6. The van der Waals surface area contributed by atoms with Crippen molar-refractivity contribution >= 4 is 27.3 Å². The van der Waals surface area contributed by atoms with E-state index in [2.05, 4.69) is 26.2 Å². The molecule has 2 N–H and O–H groups in total. The highest BCUT2D eigenvalue weighted by Gasteiger charge is 2.26. The number of benzene rings is 1. The summed E-state index contributed by atoms with van der Waals surface area (Å²) in [5.74, 6) is 0.377. The van der Waals surface area contributed by atoms with Crippen molar-refractivity contribution < 1.29 is 17.9 Å². The molecule has 6 rings (SSSR count). The van der Waals surface area contributed by atoms with Gasteiger partial charge in [-0.1, -0.05) is 6.07 Å². The van der Waals surface area contributed by atoms with E-state index in [9.17, 15) is 13.2 Å². The van der Waals surface area contributed by atoms with Gasteiger partial charge in [-0.25, -0.2) is 22.4 Å². The zero-order valence-corrected chi connectivity index (χ0v) is 21.2. The van der Waals surface area contributed by atoms with Crippen molar-refractivity contribution in [1.82, 2.24) is 19.3 Å². The van der Waals surface area contributed by atoms with E-state index in [1.807, 2.05) is 31.3 Å². The van der Waals surface area contributed by atoms with Crippen molar-refractivity contribution in [2.45, 2.75) is 56.4 Å². The molecule has 9 nitrogen and oxygen atoms in total. The Morgan fingerprint density at radius 2 is 1.97 bits per heavy atom. The Balaban J connectivity index is 1.30. The summed E-state index contributed by atoms with van der Waals surface area (Å²) in [5, 5.41) is 7.14. The number of anilines is 1. The molecule has 1 saturated carbocycles. The first-order valence-corrected chi connectivity index (χ1v) is 13.9. The molecule has 2 aliphatic carbocycles. The van der Waals surface area contributed by atoms with Crippen LogP contribution in [-0.2, 0) is 22.9 Å². The summed E-state index contributed by atoms with van der Waals surface area (Å²) in [6, 6.07) is 8.61. The van der Waals surface area contributed by atoms with Crippen molar-refractivity contribution in [3.8, 4) is 16.9 Å². The maximum absolute atomic E-state index is 13.1. The summed E-state index contributed by atoms with van der Waals surface area (Å²) in [5.41, 5.74) is 6.58. The third-order valence-corrected chi connectivity index (χ3v) is 8.40. The van der Waals surface area contributed by atoms with Crippen LogP contribution in [0.1, 0.15) is 42.4 Å². The molecular weight excluding hydrogens is 490 g/mol. The van der Waals surface area contributed by atoms with Gasteiger partial charge in [0.05, 0.1) is 23.5 Å². The minimum atomic E-state index is -4.17. The van der Waals surface area contributed by atoms with Gasteiger partial charge in [0.2, 0.25) is 0 Å². The Morgan fingerprint density at radius 3 is 2.78 bits per heavy atom. The van der Waals surface area contributed by atoms with Gasteiger partial charge in [0, 0.05) is 30.2 Å². The Bertz CT molecular complexity index is 1630. The third kappa shape index (κ3) is 4.53. The van der Waals surface area contributed by atoms with Crippen LogP contribution in [0, 0.1) is 6.92 Å². The molecule has 0 aliphatic heterocycles. The number of aryl methyl sites for hydroxylation is 2. The number of carbonyl (C=O) groups excluding carboxylic acids is 1.